The number of ketones is 1. The van der Waals surface area contributed by atoms with Crippen molar-refractivity contribution in [1.82, 2.24) is 4.31 Å². The number of sulfonamides is 1. The van der Waals surface area contributed by atoms with E-state index in [0.29, 0.717) is 6.42 Å². The third-order valence-electron chi connectivity index (χ3n) is 4.39. The minimum absolute atomic E-state index is 0.0509. The molecule has 1 aliphatic rings. The molecule has 0 saturated carbocycles. The molecule has 6 nitrogen and oxygen atoms in total. The molecule has 2 aromatic carbocycles. The fourth-order valence-electron chi connectivity index (χ4n) is 2.98. The molecule has 0 spiro atoms. The number of ether oxygens (including phenoxy) is 1. The average molecular weight is 409 g/mol. The number of rotatable bonds is 6. The minimum atomic E-state index is -4.01. The second-order valence-electron chi connectivity index (χ2n) is 6.27. The number of halogens is 2. The summed E-state index contributed by atoms with van der Waals surface area (Å²) in [6.07, 6.45) is 0.686. The van der Waals surface area contributed by atoms with Crippen LogP contribution in [-0.4, -0.2) is 43.7 Å². The standard InChI is InChI=1S/C19H17F2NO5S/c20-14-6-8-16(9-7-14)28(25,26)22-10-2-5-17(22)19(24)27-12-18(23)13-3-1-4-15(21)11-13/h1,3-4,6-9,11,17H,2,5,10,12H2/t17-/m0/s1. The second kappa shape index (κ2) is 8.15. The molecule has 28 heavy (non-hydrogen) atoms. The highest BCUT2D eigenvalue weighted by Gasteiger charge is 2.40. The van der Waals surface area contributed by atoms with Crippen LogP contribution in [0.2, 0.25) is 0 Å². The lowest BCUT2D eigenvalue weighted by Gasteiger charge is -2.22. The molecule has 0 aromatic heterocycles. The highest BCUT2D eigenvalue weighted by molar-refractivity contribution is 7.89. The molecule has 1 aliphatic heterocycles. The fraction of sp³-hybridized carbons (Fsp3) is 0.263. The Morgan fingerprint density at radius 2 is 1.79 bits per heavy atom. The first-order valence-corrected chi connectivity index (χ1v) is 9.96. The first-order valence-electron chi connectivity index (χ1n) is 8.52. The van der Waals surface area contributed by atoms with Crippen LogP contribution in [0, 0.1) is 11.6 Å². The van der Waals surface area contributed by atoms with Crippen molar-refractivity contribution in [3.05, 3.63) is 65.7 Å². The smallest absolute Gasteiger partial charge is 0.324 e. The summed E-state index contributed by atoms with van der Waals surface area (Å²) in [5, 5.41) is 0. The molecule has 1 heterocycles. The molecule has 0 N–H and O–H groups in total. The van der Waals surface area contributed by atoms with Gasteiger partial charge in [0.15, 0.2) is 12.4 Å². The van der Waals surface area contributed by atoms with Crippen LogP contribution < -0.4 is 0 Å². The molecule has 1 saturated heterocycles. The molecule has 3 rings (SSSR count). The maximum atomic E-state index is 13.2. The summed E-state index contributed by atoms with van der Waals surface area (Å²) in [4.78, 5) is 24.3. The number of Topliss-reactive ketones (excluding diaryl/α,β-unsaturated/α-hetero) is 1. The summed E-state index contributed by atoms with van der Waals surface area (Å²) < 4.78 is 57.7. The lowest BCUT2D eigenvalue weighted by atomic mass is 10.1. The summed E-state index contributed by atoms with van der Waals surface area (Å²) in [7, 11) is -4.01. The van der Waals surface area contributed by atoms with Crippen molar-refractivity contribution >= 4 is 21.8 Å². The maximum Gasteiger partial charge on any atom is 0.324 e. The Bertz CT molecular complexity index is 992. The van der Waals surface area contributed by atoms with Gasteiger partial charge in [-0.3, -0.25) is 9.59 Å². The highest BCUT2D eigenvalue weighted by Crippen LogP contribution is 2.27. The molecule has 9 heteroatoms. The van der Waals surface area contributed by atoms with Gasteiger partial charge in [0.1, 0.15) is 17.7 Å². The molecule has 0 bridgehead atoms. The van der Waals surface area contributed by atoms with E-state index in [9.17, 15) is 26.8 Å². The van der Waals surface area contributed by atoms with E-state index in [0.717, 1.165) is 34.6 Å². The number of carbonyl (C=O) groups is 2. The Balaban J connectivity index is 1.69. The van der Waals surface area contributed by atoms with Crippen molar-refractivity contribution in [2.75, 3.05) is 13.2 Å². The van der Waals surface area contributed by atoms with Crippen LogP contribution in [0.5, 0.6) is 0 Å². The first kappa shape index (κ1) is 20.1. The van der Waals surface area contributed by atoms with E-state index in [2.05, 4.69) is 0 Å². The van der Waals surface area contributed by atoms with Crippen molar-refractivity contribution in [1.29, 1.82) is 0 Å². The van der Waals surface area contributed by atoms with Crippen molar-refractivity contribution < 1.29 is 31.5 Å². The van der Waals surface area contributed by atoms with Crippen molar-refractivity contribution in [2.24, 2.45) is 0 Å². The van der Waals surface area contributed by atoms with E-state index < -0.39 is 46.1 Å². The van der Waals surface area contributed by atoms with Gasteiger partial charge in [-0.25, -0.2) is 17.2 Å². The van der Waals surface area contributed by atoms with E-state index in [1.54, 1.807) is 0 Å². The number of hydrogen-bond acceptors (Lipinski definition) is 5. The fourth-order valence-corrected chi connectivity index (χ4v) is 4.63. The molecule has 1 atom stereocenters. The normalized spacial score (nSPS) is 17.4. The first-order chi connectivity index (χ1) is 13.3. The van der Waals surface area contributed by atoms with Crippen LogP contribution >= 0.6 is 0 Å². The van der Waals surface area contributed by atoms with Crippen LogP contribution in [0.25, 0.3) is 0 Å². The summed E-state index contributed by atoms with van der Waals surface area (Å²) >= 11 is 0. The Kier molecular flexibility index (Phi) is 5.85. The van der Waals surface area contributed by atoms with Crippen molar-refractivity contribution in [3.63, 3.8) is 0 Å². The molecular formula is C19H17F2NO5S. The molecule has 0 radical (unpaired) electrons. The molecular weight excluding hydrogens is 392 g/mol. The Labute approximate surface area is 160 Å². The van der Waals surface area contributed by atoms with E-state index in [1.165, 1.54) is 18.2 Å². The minimum Gasteiger partial charge on any atom is -0.456 e. The quantitative estimate of drug-likeness (QED) is 0.541. The van der Waals surface area contributed by atoms with Gasteiger partial charge in [0, 0.05) is 12.1 Å². The monoisotopic (exact) mass is 409 g/mol. The van der Waals surface area contributed by atoms with Gasteiger partial charge in [0.05, 0.1) is 4.90 Å². The van der Waals surface area contributed by atoms with Crippen LogP contribution in [0.3, 0.4) is 0 Å². The summed E-state index contributed by atoms with van der Waals surface area (Å²) in [6, 6.07) is 8.17. The number of esters is 1. The Hall–Kier alpha value is -2.65. The van der Waals surface area contributed by atoms with Crippen LogP contribution in [0.15, 0.2) is 53.4 Å². The van der Waals surface area contributed by atoms with Gasteiger partial charge in [-0.2, -0.15) is 4.31 Å². The predicted octanol–water partition coefficient (Wildman–Crippen LogP) is 2.54. The molecule has 0 amide bonds. The third-order valence-corrected chi connectivity index (χ3v) is 6.31. The van der Waals surface area contributed by atoms with Gasteiger partial charge in [-0.1, -0.05) is 12.1 Å². The lowest BCUT2D eigenvalue weighted by molar-refractivity contribution is -0.146. The van der Waals surface area contributed by atoms with Gasteiger partial charge in [0.25, 0.3) is 0 Å². The maximum absolute atomic E-state index is 13.2. The summed E-state index contributed by atoms with van der Waals surface area (Å²) in [6.45, 7) is -0.513. The van der Waals surface area contributed by atoms with Gasteiger partial charge < -0.3 is 4.74 Å². The zero-order valence-corrected chi connectivity index (χ0v) is 15.5. The summed E-state index contributed by atoms with van der Waals surface area (Å²) in [5.41, 5.74) is 0.0509. The van der Waals surface area contributed by atoms with Crippen molar-refractivity contribution in [3.8, 4) is 0 Å². The number of hydrogen-bond donors (Lipinski definition) is 0. The topological polar surface area (TPSA) is 80.8 Å². The zero-order chi connectivity index (χ0) is 20.3. The molecule has 1 fully saturated rings. The van der Waals surface area contributed by atoms with Gasteiger partial charge in [-0.15, -0.1) is 0 Å². The van der Waals surface area contributed by atoms with E-state index in [4.69, 9.17) is 4.74 Å². The van der Waals surface area contributed by atoms with Gasteiger partial charge >= 0.3 is 5.97 Å². The average Bonchev–Trinajstić information content (AvgIpc) is 3.17. The number of nitrogens with zero attached hydrogens (tertiary/aromatic N) is 1. The van der Waals surface area contributed by atoms with E-state index >= 15 is 0 Å². The largest absolute Gasteiger partial charge is 0.456 e. The van der Waals surface area contributed by atoms with Crippen LogP contribution in [0.4, 0.5) is 8.78 Å². The van der Waals surface area contributed by atoms with Crippen molar-refractivity contribution in [2.45, 2.75) is 23.8 Å². The zero-order valence-electron chi connectivity index (χ0n) is 14.7. The van der Waals surface area contributed by atoms with Gasteiger partial charge in [0.2, 0.25) is 10.0 Å². The SMILES string of the molecule is O=C(COC(=O)[C@@H]1CCCN1S(=O)(=O)c1ccc(F)cc1)c1cccc(F)c1. The molecule has 2 aromatic rings. The molecule has 148 valence electrons. The molecule has 0 unspecified atom stereocenters. The van der Waals surface area contributed by atoms with Crippen LogP contribution in [-0.2, 0) is 19.6 Å². The third kappa shape index (κ3) is 4.26. The van der Waals surface area contributed by atoms with E-state index in [-0.39, 0.29) is 23.4 Å². The number of carbonyl (C=O) groups excluding carboxylic acids is 2. The van der Waals surface area contributed by atoms with Crippen LogP contribution in [0.1, 0.15) is 23.2 Å². The Morgan fingerprint density at radius 3 is 2.46 bits per heavy atom. The number of benzene rings is 2. The summed E-state index contributed by atoms with van der Waals surface area (Å²) in [5.74, 6) is -2.62. The molecule has 0 aliphatic carbocycles. The highest BCUT2D eigenvalue weighted by atomic mass is 32.2. The Morgan fingerprint density at radius 1 is 1.07 bits per heavy atom. The predicted molar refractivity (Wildman–Crippen MR) is 95.0 cm³/mol. The van der Waals surface area contributed by atoms with E-state index in [1.807, 2.05) is 0 Å². The lowest BCUT2D eigenvalue weighted by Crippen LogP contribution is -2.41. The van der Waals surface area contributed by atoms with Gasteiger partial charge in [-0.05, 0) is 49.2 Å². The second-order valence-corrected chi connectivity index (χ2v) is 8.16.